The van der Waals surface area contributed by atoms with Crippen LogP contribution in [0.1, 0.15) is 50.5 Å². The molecule has 2 amide bonds. The van der Waals surface area contributed by atoms with Crippen molar-refractivity contribution in [2.45, 2.75) is 36.8 Å². The molecule has 2 aromatic heterocycles. The van der Waals surface area contributed by atoms with E-state index in [4.69, 9.17) is 4.74 Å². The molecule has 3 N–H and O–H groups in total. The molecule has 1 saturated heterocycles. The molecule has 0 saturated carbocycles. The summed E-state index contributed by atoms with van der Waals surface area (Å²) in [6.07, 6.45) is 2.75. The lowest BCUT2D eigenvalue weighted by molar-refractivity contribution is -0.145. The number of esters is 1. The molecule has 1 aliphatic rings. The Labute approximate surface area is 279 Å². The highest BCUT2D eigenvalue weighted by atomic mass is 32.2. The molecule has 5 rings (SSSR count). The molecule has 0 bridgehead atoms. The van der Waals surface area contributed by atoms with Gasteiger partial charge in [0.05, 0.1) is 34.2 Å². The number of β-amino-alcohol motifs (C(OH)–C–C–N with tert-alkyl or cyclic N) is 1. The number of rotatable bonds is 9. The second-order valence-electron chi connectivity index (χ2n) is 11.3. The van der Waals surface area contributed by atoms with Crippen molar-refractivity contribution in [2.24, 2.45) is 7.05 Å². The smallest absolute Gasteiger partial charge is 0.323 e. The number of aliphatic hydroxyl groups is 1. The maximum absolute atomic E-state index is 14.3. The van der Waals surface area contributed by atoms with Gasteiger partial charge in [0, 0.05) is 60.7 Å². The van der Waals surface area contributed by atoms with Crippen molar-refractivity contribution in [1.29, 1.82) is 0 Å². The molecule has 0 aliphatic carbocycles. The molecule has 13 heteroatoms. The zero-order valence-corrected chi connectivity index (χ0v) is 27.6. The van der Waals surface area contributed by atoms with Gasteiger partial charge in [-0.1, -0.05) is 36.1 Å². The van der Waals surface area contributed by atoms with E-state index in [0.29, 0.717) is 33.9 Å². The van der Waals surface area contributed by atoms with Crippen LogP contribution in [0.2, 0.25) is 0 Å². The van der Waals surface area contributed by atoms with E-state index < -0.39 is 33.7 Å². The summed E-state index contributed by atoms with van der Waals surface area (Å²) in [7, 11) is -0.196. The third-order valence-electron chi connectivity index (χ3n) is 7.67. The largest absolute Gasteiger partial charge is 0.468 e. The van der Waals surface area contributed by atoms with E-state index in [1.165, 1.54) is 29.6 Å². The molecule has 2 aromatic carbocycles. The molecule has 48 heavy (non-hydrogen) atoms. The number of amides is 2. The van der Waals surface area contributed by atoms with Gasteiger partial charge in [0.1, 0.15) is 11.7 Å². The van der Waals surface area contributed by atoms with Gasteiger partial charge in [-0.15, -0.1) is 0 Å². The number of nitrogens with zero attached hydrogens (tertiary/aromatic N) is 4. The number of hydrogen-bond donors (Lipinski definition) is 3. The van der Waals surface area contributed by atoms with E-state index in [2.05, 4.69) is 32.0 Å². The van der Waals surface area contributed by atoms with Crippen LogP contribution >= 0.6 is 0 Å². The molecule has 1 unspecified atom stereocenters. The van der Waals surface area contributed by atoms with E-state index in [1.54, 1.807) is 78.7 Å². The van der Waals surface area contributed by atoms with E-state index in [9.17, 15) is 23.7 Å². The fourth-order valence-corrected chi connectivity index (χ4v) is 7.16. The number of carbonyl (C=O) groups excluding carboxylic acids is 3. The van der Waals surface area contributed by atoms with Gasteiger partial charge in [0.2, 0.25) is 0 Å². The zero-order valence-electron chi connectivity index (χ0n) is 26.8. The SMILES string of the molecule is COC(=O)[C@H]1C[C@H](O)CN1CCC=S(=O)(NC(=O)c1cncc(C#Cc2cccc(NC(=O)c3cc(C)nn3C)c2)c1)c1ccccc1. The predicted molar refractivity (Wildman–Crippen MR) is 182 cm³/mol. The van der Waals surface area contributed by atoms with Crippen LogP contribution < -0.4 is 10.0 Å². The van der Waals surface area contributed by atoms with E-state index in [-0.39, 0.29) is 30.9 Å². The molecule has 3 atom stereocenters. The molecule has 12 nitrogen and oxygen atoms in total. The van der Waals surface area contributed by atoms with Gasteiger partial charge in [0.25, 0.3) is 11.8 Å². The summed E-state index contributed by atoms with van der Waals surface area (Å²) < 4.78 is 23.3. The number of ether oxygens (including phenoxy) is 1. The fraction of sp³-hybridized carbons (Fsp3) is 0.257. The van der Waals surface area contributed by atoms with Crippen molar-refractivity contribution in [3.63, 3.8) is 0 Å². The van der Waals surface area contributed by atoms with Crippen LogP contribution in [0.25, 0.3) is 0 Å². The maximum atomic E-state index is 14.3. The highest BCUT2D eigenvalue weighted by molar-refractivity contribution is 8.00. The Morgan fingerprint density at radius 1 is 1.04 bits per heavy atom. The van der Waals surface area contributed by atoms with Crippen LogP contribution in [0.4, 0.5) is 5.69 Å². The fourth-order valence-electron chi connectivity index (χ4n) is 5.38. The number of aromatic nitrogens is 3. The normalized spacial score (nSPS) is 17.0. The Morgan fingerprint density at radius 2 is 1.81 bits per heavy atom. The number of likely N-dealkylation sites (tertiary alicyclic amines) is 1. The standard InChI is InChI=1S/C35H36N6O6S/c1-24-17-31(40(2)38-24)34(44)37-28-10-7-9-25(19-28)13-14-26-18-27(22-36-21-26)33(43)39-48(46,30-11-5-4-6-12-30)16-8-15-41-23-29(42)20-32(41)35(45)47-3/h4-7,9-12,16-19,21-22,29,32,42H,8,15,20,23H2,1-3H3,(H,37,44)(H,39,43,46)/t29-,32+,48?/m0/s1. The van der Waals surface area contributed by atoms with Crippen molar-refractivity contribution in [3.05, 3.63) is 107 Å². The van der Waals surface area contributed by atoms with Crippen LogP contribution in [0.15, 0.2) is 84.0 Å². The second-order valence-corrected chi connectivity index (χ2v) is 13.5. The number of anilines is 1. The molecule has 0 radical (unpaired) electrons. The average Bonchev–Trinajstić information content (AvgIpc) is 3.63. The second kappa shape index (κ2) is 15.1. The summed E-state index contributed by atoms with van der Waals surface area (Å²) >= 11 is 0. The monoisotopic (exact) mass is 668 g/mol. The Bertz CT molecular complexity index is 2010. The molecule has 0 spiro atoms. The van der Waals surface area contributed by atoms with Gasteiger partial charge in [-0.25, -0.2) is 4.21 Å². The van der Waals surface area contributed by atoms with Crippen molar-refractivity contribution in [3.8, 4) is 11.8 Å². The van der Waals surface area contributed by atoms with Gasteiger partial charge < -0.3 is 15.2 Å². The van der Waals surface area contributed by atoms with E-state index in [0.717, 1.165) is 5.69 Å². The van der Waals surface area contributed by atoms with Gasteiger partial charge in [-0.2, -0.15) is 5.10 Å². The number of benzene rings is 2. The number of pyridine rings is 1. The first-order chi connectivity index (χ1) is 23.0. The summed E-state index contributed by atoms with van der Waals surface area (Å²) in [5.41, 5.74) is 2.98. The van der Waals surface area contributed by atoms with Crippen LogP contribution in [-0.2, 0) is 26.3 Å². The minimum Gasteiger partial charge on any atom is -0.468 e. The first-order valence-electron chi connectivity index (χ1n) is 15.2. The Balaban J connectivity index is 1.31. The average molecular weight is 669 g/mol. The third-order valence-corrected chi connectivity index (χ3v) is 9.83. The molecule has 4 aromatic rings. The Morgan fingerprint density at radius 3 is 2.54 bits per heavy atom. The lowest BCUT2D eigenvalue weighted by atomic mass is 10.1. The molecule has 1 fully saturated rings. The van der Waals surface area contributed by atoms with Crippen LogP contribution in [-0.4, -0.2) is 84.5 Å². The van der Waals surface area contributed by atoms with Gasteiger partial charge >= 0.3 is 5.97 Å². The Hall–Kier alpha value is -5.29. The first-order valence-corrected chi connectivity index (χ1v) is 16.8. The summed E-state index contributed by atoms with van der Waals surface area (Å²) in [6, 6.07) is 18.3. The zero-order chi connectivity index (χ0) is 34.3. The quantitative estimate of drug-likeness (QED) is 0.139. The number of aryl methyl sites for hydroxylation is 2. The minimum atomic E-state index is -3.20. The van der Waals surface area contributed by atoms with Crippen molar-refractivity contribution >= 4 is 38.5 Å². The van der Waals surface area contributed by atoms with Gasteiger partial charge in [-0.05, 0) is 61.2 Å². The minimum absolute atomic E-state index is 0.166. The number of carbonyl (C=O) groups is 3. The molecule has 3 heterocycles. The summed E-state index contributed by atoms with van der Waals surface area (Å²) in [5.74, 6) is 4.70. The lowest BCUT2D eigenvalue weighted by Crippen LogP contribution is -2.38. The molecular weight excluding hydrogens is 632 g/mol. The molecular formula is C35H36N6O6S. The van der Waals surface area contributed by atoms with Crippen molar-refractivity contribution < 1.29 is 28.4 Å². The van der Waals surface area contributed by atoms with Gasteiger partial charge in [0.15, 0.2) is 0 Å². The number of methoxy groups -OCH3 is 1. The van der Waals surface area contributed by atoms with Crippen molar-refractivity contribution in [1.82, 2.24) is 24.4 Å². The van der Waals surface area contributed by atoms with Crippen molar-refractivity contribution in [2.75, 3.05) is 25.5 Å². The molecule has 248 valence electrons. The van der Waals surface area contributed by atoms with E-state index >= 15 is 0 Å². The highest BCUT2D eigenvalue weighted by Gasteiger charge is 2.36. The third kappa shape index (κ3) is 8.34. The number of hydrogen-bond acceptors (Lipinski definition) is 9. The Kier molecular flexibility index (Phi) is 10.7. The van der Waals surface area contributed by atoms with Crippen LogP contribution in [0, 0.1) is 18.8 Å². The maximum Gasteiger partial charge on any atom is 0.323 e. The number of nitrogens with one attached hydrogen (secondary N) is 2. The van der Waals surface area contributed by atoms with Crippen LogP contribution in [0.5, 0.6) is 0 Å². The highest BCUT2D eigenvalue weighted by Crippen LogP contribution is 2.20. The summed E-state index contributed by atoms with van der Waals surface area (Å²) in [6.45, 7) is 2.43. The van der Waals surface area contributed by atoms with E-state index in [1.807, 2.05) is 6.92 Å². The summed E-state index contributed by atoms with van der Waals surface area (Å²) in [5, 5.41) is 18.7. The molecule has 1 aliphatic heterocycles. The lowest BCUT2D eigenvalue weighted by Gasteiger charge is -2.21. The first kappa shape index (κ1) is 34.1. The van der Waals surface area contributed by atoms with Crippen LogP contribution in [0.3, 0.4) is 0 Å². The topological polar surface area (TPSA) is 156 Å². The van der Waals surface area contributed by atoms with Gasteiger partial charge in [-0.3, -0.25) is 33.7 Å². The summed E-state index contributed by atoms with van der Waals surface area (Å²) in [4.78, 5) is 44.7. The number of aliphatic hydroxyl groups excluding tert-OH is 1. The predicted octanol–water partition coefficient (Wildman–Crippen LogP) is 2.56.